The molecule has 0 atom stereocenters. The molecule has 1 aromatic rings. The van der Waals surface area contributed by atoms with Crippen LogP contribution < -0.4 is 5.32 Å². The third-order valence-corrected chi connectivity index (χ3v) is 7.36. The van der Waals surface area contributed by atoms with Crippen LogP contribution in [0.2, 0.25) is 0 Å². The molecular formula is C17H25N3O4S2. The quantitative estimate of drug-likeness (QED) is 0.761. The predicted octanol–water partition coefficient (Wildman–Crippen LogP) is 2.44. The average molecular weight is 400 g/mol. The first-order valence-corrected chi connectivity index (χ1v) is 11.0. The highest BCUT2D eigenvalue weighted by Gasteiger charge is 2.25. The van der Waals surface area contributed by atoms with Crippen LogP contribution in [0.5, 0.6) is 0 Å². The lowest BCUT2D eigenvalue weighted by molar-refractivity contribution is -0.116. The summed E-state index contributed by atoms with van der Waals surface area (Å²) >= 11 is 1.20. The number of carbonyl (C=O) groups is 2. The lowest BCUT2D eigenvalue weighted by atomic mass is 10.1. The molecule has 1 heterocycles. The largest absolute Gasteiger partial charge is 0.324 e. The van der Waals surface area contributed by atoms with Crippen molar-refractivity contribution in [1.82, 2.24) is 9.21 Å². The number of hydrogen-bond acceptors (Lipinski definition) is 5. The first kappa shape index (κ1) is 20.7. The van der Waals surface area contributed by atoms with E-state index in [9.17, 15) is 18.0 Å². The Morgan fingerprint density at radius 1 is 1.27 bits per heavy atom. The minimum Gasteiger partial charge on any atom is -0.324 e. The minimum absolute atomic E-state index is 0.0304. The lowest BCUT2D eigenvalue weighted by Gasteiger charge is -2.21. The van der Waals surface area contributed by atoms with Gasteiger partial charge in [0.05, 0.1) is 4.90 Å². The zero-order valence-corrected chi connectivity index (χ0v) is 17.2. The minimum atomic E-state index is -3.62. The predicted molar refractivity (Wildman–Crippen MR) is 104 cm³/mol. The smallest absolute Gasteiger partial charge is 0.282 e. The first-order chi connectivity index (χ1) is 12.2. The van der Waals surface area contributed by atoms with E-state index in [1.807, 2.05) is 13.8 Å². The molecule has 1 fully saturated rings. The maximum Gasteiger partial charge on any atom is 0.282 e. The van der Waals surface area contributed by atoms with Crippen molar-refractivity contribution in [2.45, 2.75) is 32.6 Å². The highest BCUT2D eigenvalue weighted by molar-refractivity contribution is 8.13. The topological polar surface area (TPSA) is 86.8 Å². The van der Waals surface area contributed by atoms with Crippen molar-refractivity contribution in [3.8, 4) is 0 Å². The molecule has 0 radical (unpaired) electrons. The number of nitrogens with zero attached hydrogens (tertiary/aromatic N) is 2. The molecule has 1 aliphatic rings. The molecule has 7 nitrogen and oxygen atoms in total. The van der Waals surface area contributed by atoms with Gasteiger partial charge in [-0.3, -0.25) is 9.59 Å². The molecule has 0 spiro atoms. The van der Waals surface area contributed by atoms with Gasteiger partial charge < -0.3 is 10.2 Å². The summed E-state index contributed by atoms with van der Waals surface area (Å²) in [5.41, 5.74) is 2.04. The Morgan fingerprint density at radius 3 is 2.46 bits per heavy atom. The van der Waals surface area contributed by atoms with Gasteiger partial charge in [-0.1, -0.05) is 25.6 Å². The number of aryl methyl sites for hydroxylation is 1. The number of anilines is 1. The molecule has 0 bridgehead atoms. The van der Waals surface area contributed by atoms with Crippen molar-refractivity contribution < 1.29 is 18.0 Å². The van der Waals surface area contributed by atoms with E-state index in [-0.39, 0.29) is 22.6 Å². The Kier molecular flexibility index (Phi) is 6.70. The van der Waals surface area contributed by atoms with Gasteiger partial charge in [-0.05, 0) is 37.1 Å². The van der Waals surface area contributed by atoms with Crippen molar-refractivity contribution in [3.05, 3.63) is 23.3 Å². The van der Waals surface area contributed by atoms with Crippen LogP contribution in [-0.4, -0.2) is 60.7 Å². The fraction of sp³-hybridized carbons (Fsp3) is 0.529. The highest BCUT2D eigenvalue weighted by Crippen LogP contribution is 2.26. The zero-order valence-electron chi connectivity index (χ0n) is 15.5. The van der Waals surface area contributed by atoms with E-state index in [0.29, 0.717) is 31.1 Å². The summed E-state index contributed by atoms with van der Waals surface area (Å²) in [7, 11) is -3.62. The van der Waals surface area contributed by atoms with Crippen LogP contribution in [0.1, 0.15) is 25.0 Å². The zero-order chi connectivity index (χ0) is 19.5. The molecular weight excluding hydrogens is 374 g/mol. The van der Waals surface area contributed by atoms with Gasteiger partial charge in [0.25, 0.3) is 5.24 Å². The number of thioether (sulfide) groups is 1. The molecule has 0 aromatic heterocycles. The van der Waals surface area contributed by atoms with Crippen molar-refractivity contribution in [1.29, 1.82) is 0 Å². The summed E-state index contributed by atoms with van der Waals surface area (Å²) in [6.07, 6.45) is 0. The molecule has 0 aliphatic carbocycles. The third kappa shape index (κ3) is 4.39. The van der Waals surface area contributed by atoms with E-state index in [2.05, 4.69) is 5.32 Å². The van der Waals surface area contributed by atoms with Crippen LogP contribution in [0.3, 0.4) is 0 Å². The highest BCUT2D eigenvalue weighted by atomic mass is 32.2. The number of sulfonamides is 1. The summed E-state index contributed by atoms with van der Waals surface area (Å²) in [5, 5.41) is 2.66. The van der Waals surface area contributed by atoms with Crippen LogP contribution in [0.4, 0.5) is 10.5 Å². The third-order valence-electron chi connectivity index (χ3n) is 4.44. The second-order valence-electron chi connectivity index (χ2n) is 6.09. The Balaban J connectivity index is 2.27. The van der Waals surface area contributed by atoms with Crippen molar-refractivity contribution >= 4 is 38.6 Å². The fourth-order valence-electron chi connectivity index (χ4n) is 2.75. The van der Waals surface area contributed by atoms with Gasteiger partial charge in [0, 0.05) is 31.1 Å². The maximum atomic E-state index is 12.8. The molecule has 1 N–H and O–H groups in total. The molecule has 1 aromatic carbocycles. The standard InChI is InChI=1S/C17H25N3O4S2/c1-5-20(6-2)26(23,24)14-9-12(3)13(4)15(10-14)18-16(21)11-19-7-8-25-17(19)22/h9-10H,5-8,11H2,1-4H3,(H,18,21). The van der Waals surface area contributed by atoms with E-state index in [0.717, 1.165) is 11.1 Å². The van der Waals surface area contributed by atoms with Crippen LogP contribution in [-0.2, 0) is 14.8 Å². The van der Waals surface area contributed by atoms with Gasteiger partial charge in [0.2, 0.25) is 15.9 Å². The number of nitrogens with one attached hydrogen (secondary N) is 1. The Labute approximate surface area is 159 Å². The van der Waals surface area contributed by atoms with E-state index < -0.39 is 10.0 Å². The van der Waals surface area contributed by atoms with Crippen molar-refractivity contribution in [2.24, 2.45) is 0 Å². The Bertz CT molecular complexity index is 804. The molecule has 2 rings (SSSR count). The van der Waals surface area contributed by atoms with E-state index >= 15 is 0 Å². The molecule has 1 saturated heterocycles. The van der Waals surface area contributed by atoms with Gasteiger partial charge >= 0.3 is 0 Å². The number of hydrogen-bond donors (Lipinski definition) is 1. The molecule has 2 amide bonds. The molecule has 1 aliphatic heterocycles. The van der Waals surface area contributed by atoms with Gasteiger partial charge in [-0.2, -0.15) is 4.31 Å². The lowest BCUT2D eigenvalue weighted by Crippen LogP contribution is -2.33. The van der Waals surface area contributed by atoms with Crippen LogP contribution in [0, 0.1) is 13.8 Å². The molecule has 0 unspecified atom stereocenters. The number of carbonyl (C=O) groups excluding carboxylic acids is 2. The van der Waals surface area contributed by atoms with Crippen LogP contribution >= 0.6 is 11.8 Å². The second kappa shape index (κ2) is 8.41. The fourth-order valence-corrected chi connectivity index (χ4v) is 5.15. The summed E-state index contributed by atoms with van der Waals surface area (Å²) in [4.78, 5) is 25.6. The number of rotatable bonds is 7. The molecule has 26 heavy (non-hydrogen) atoms. The van der Waals surface area contributed by atoms with Crippen molar-refractivity contribution in [3.63, 3.8) is 0 Å². The summed E-state index contributed by atoms with van der Waals surface area (Å²) in [6, 6.07) is 3.12. The van der Waals surface area contributed by atoms with Gasteiger partial charge in [-0.25, -0.2) is 8.42 Å². The molecule has 9 heteroatoms. The van der Waals surface area contributed by atoms with Gasteiger partial charge in [0.15, 0.2) is 0 Å². The first-order valence-electron chi connectivity index (χ1n) is 8.53. The number of benzene rings is 1. The maximum absolute atomic E-state index is 12.8. The normalized spacial score (nSPS) is 15.0. The summed E-state index contributed by atoms with van der Waals surface area (Å²) in [5.74, 6) is 0.350. The van der Waals surface area contributed by atoms with Gasteiger partial charge in [0.1, 0.15) is 6.54 Å². The summed E-state index contributed by atoms with van der Waals surface area (Å²) in [6.45, 7) is 8.49. The van der Waals surface area contributed by atoms with Gasteiger partial charge in [-0.15, -0.1) is 0 Å². The van der Waals surface area contributed by atoms with Crippen LogP contribution in [0.25, 0.3) is 0 Å². The van der Waals surface area contributed by atoms with E-state index in [1.54, 1.807) is 19.9 Å². The van der Waals surface area contributed by atoms with E-state index in [1.165, 1.54) is 27.0 Å². The second-order valence-corrected chi connectivity index (χ2v) is 9.07. The summed E-state index contributed by atoms with van der Waals surface area (Å²) < 4.78 is 26.9. The monoisotopic (exact) mass is 399 g/mol. The molecule has 0 saturated carbocycles. The number of amides is 2. The molecule has 144 valence electrons. The Morgan fingerprint density at radius 2 is 1.92 bits per heavy atom. The van der Waals surface area contributed by atoms with Crippen LogP contribution in [0.15, 0.2) is 17.0 Å². The average Bonchev–Trinajstić information content (AvgIpc) is 2.97. The van der Waals surface area contributed by atoms with E-state index in [4.69, 9.17) is 0 Å². The SMILES string of the molecule is CCN(CC)S(=O)(=O)c1cc(C)c(C)c(NC(=O)CN2CCSC2=O)c1. The Hall–Kier alpha value is -1.58. The van der Waals surface area contributed by atoms with Crippen molar-refractivity contribution in [2.75, 3.05) is 37.2 Å².